The standard InChI is InChI=1S/C15H21F3N2O2/c1-14(2,3)22-13(21)20-9-11(8-19)10-4-6-12(7-5-10)15(16,17)18/h4-7,11H,8-9,19H2,1-3H3,(H,20,21). The molecule has 0 heterocycles. The fourth-order valence-corrected chi connectivity index (χ4v) is 1.80. The van der Waals surface area contributed by atoms with E-state index in [0.717, 1.165) is 12.1 Å². The molecule has 0 saturated heterocycles. The van der Waals surface area contributed by atoms with E-state index >= 15 is 0 Å². The summed E-state index contributed by atoms with van der Waals surface area (Å²) < 4.78 is 42.6. The van der Waals surface area contributed by atoms with Crippen molar-refractivity contribution < 1.29 is 22.7 Å². The summed E-state index contributed by atoms with van der Waals surface area (Å²) in [4.78, 5) is 11.6. The molecule has 4 nitrogen and oxygen atoms in total. The summed E-state index contributed by atoms with van der Waals surface area (Å²) in [6.07, 6.45) is -4.95. The second-order valence-corrected chi connectivity index (χ2v) is 5.94. The lowest BCUT2D eigenvalue weighted by Crippen LogP contribution is -2.36. The number of amides is 1. The van der Waals surface area contributed by atoms with E-state index in [1.54, 1.807) is 20.8 Å². The molecule has 1 atom stereocenters. The van der Waals surface area contributed by atoms with E-state index in [1.165, 1.54) is 12.1 Å². The van der Waals surface area contributed by atoms with Gasteiger partial charge in [-0.25, -0.2) is 4.79 Å². The molecule has 0 bridgehead atoms. The third kappa shape index (κ3) is 5.93. The Hall–Kier alpha value is -1.76. The average Bonchev–Trinajstić information content (AvgIpc) is 2.37. The lowest BCUT2D eigenvalue weighted by Gasteiger charge is -2.21. The van der Waals surface area contributed by atoms with Crippen LogP contribution in [0.4, 0.5) is 18.0 Å². The maximum absolute atomic E-state index is 12.5. The van der Waals surface area contributed by atoms with Crippen molar-refractivity contribution in [2.75, 3.05) is 13.1 Å². The number of carbonyl (C=O) groups is 1. The third-order valence-electron chi connectivity index (χ3n) is 2.89. The first-order valence-corrected chi connectivity index (χ1v) is 6.87. The fraction of sp³-hybridized carbons (Fsp3) is 0.533. The number of benzene rings is 1. The molecule has 7 heteroatoms. The summed E-state index contributed by atoms with van der Waals surface area (Å²) >= 11 is 0. The zero-order valence-electron chi connectivity index (χ0n) is 12.8. The van der Waals surface area contributed by atoms with Gasteiger partial charge in [0.15, 0.2) is 0 Å². The van der Waals surface area contributed by atoms with Crippen LogP contribution >= 0.6 is 0 Å². The number of hydrogen-bond acceptors (Lipinski definition) is 3. The zero-order chi connectivity index (χ0) is 17.0. The van der Waals surface area contributed by atoms with Crippen LogP contribution in [0.5, 0.6) is 0 Å². The van der Waals surface area contributed by atoms with Gasteiger partial charge in [-0.05, 0) is 38.5 Å². The Kier molecular flexibility index (Phi) is 5.82. The van der Waals surface area contributed by atoms with Gasteiger partial charge in [0.05, 0.1) is 5.56 Å². The number of alkyl halides is 3. The summed E-state index contributed by atoms with van der Waals surface area (Å²) in [7, 11) is 0. The van der Waals surface area contributed by atoms with Crippen LogP contribution in [-0.2, 0) is 10.9 Å². The van der Waals surface area contributed by atoms with Crippen LogP contribution in [0, 0.1) is 0 Å². The maximum atomic E-state index is 12.5. The summed E-state index contributed by atoms with van der Waals surface area (Å²) in [5.74, 6) is -0.283. The zero-order valence-corrected chi connectivity index (χ0v) is 12.8. The Bertz CT molecular complexity index is 493. The van der Waals surface area contributed by atoms with Crippen molar-refractivity contribution in [2.24, 2.45) is 5.73 Å². The van der Waals surface area contributed by atoms with Crippen molar-refractivity contribution in [3.63, 3.8) is 0 Å². The Morgan fingerprint density at radius 1 is 1.23 bits per heavy atom. The van der Waals surface area contributed by atoms with Crippen molar-refractivity contribution in [3.05, 3.63) is 35.4 Å². The Balaban J connectivity index is 2.67. The topological polar surface area (TPSA) is 64.3 Å². The molecule has 124 valence electrons. The molecule has 1 aromatic rings. The van der Waals surface area contributed by atoms with Crippen LogP contribution in [-0.4, -0.2) is 24.8 Å². The highest BCUT2D eigenvalue weighted by Gasteiger charge is 2.30. The average molecular weight is 318 g/mol. The second kappa shape index (κ2) is 7.00. The van der Waals surface area contributed by atoms with Gasteiger partial charge in [-0.2, -0.15) is 13.2 Å². The Labute approximate surface area is 127 Å². The lowest BCUT2D eigenvalue weighted by molar-refractivity contribution is -0.137. The molecule has 0 aliphatic rings. The Morgan fingerprint density at radius 3 is 2.18 bits per heavy atom. The number of hydrogen-bond donors (Lipinski definition) is 2. The predicted octanol–water partition coefficient (Wildman–Crippen LogP) is 3.27. The largest absolute Gasteiger partial charge is 0.444 e. The predicted molar refractivity (Wildman–Crippen MR) is 77.5 cm³/mol. The van der Waals surface area contributed by atoms with Gasteiger partial charge in [-0.1, -0.05) is 12.1 Å². The SMILES string of the molecule is CC(C)(C)OC(=O)NCC(CN)c1ccc(C(F)(F)F)cc1. The first-order valence-electron chi connectivity index (χ1n) is 6.87. The molecule has 0 spiro atoms. The smallest absolute Gasteiger partial charge is 0.416 e. The molecule has 0 radical (unpaired) electrons. The van der Waals surface area contributed by atoms with Gasteiger partial charge < -0.3 is 15.8 Å². The number of alkyl carbamates (subject to hydrolysis) is 1. The maximum Gasteiger partial charge on any atom is 0.416 e. The molecular weight excluding hydrogens is 297 g/mol. The van der Waals surface area contributed by atoms with Crippen LogP contribution in [0.25, 0.3) is 0 Å². The quantitative estimate of drug-likeness (QED) is 0.895. The van der Waals surface area contributed by atoms with Gasteiger partial charge in [0.25, 0.3) is 0 Å². The highest BCUT2D eigenvalue weighted by Crippen LogP contribution is 2.30. The molecule has 1 amide bonds. The van der Waals surface area contributed by atoms with Crippen molar-refractivity contribution in [3.8, 4) is 0 Å². The van der Waals surface area contributed by atoms with Crippen LogP contribution in [0.1, 0.15) is 37.8 Å². The number of rotatable bonds is 4. The fourth-order valence-electron chi connectivity index (χ4n) is 1.80. The van der Waals surface area contributed by atoms with E-state index < -0.39 is 23.4 Å². The summed E-state index contributed by atoms with van der Waals surface area (Å²) in [5, 5.41) is 2.57. The molecule has 1 aromatic carbocycles. The van der Waals surface area contributed by atoms with Gasteiger partial charge in [-0.3, -0.25) is 0 Å². The van der Waals surface area contributed by atoms with Crippen LogP contribution < -0.4 is 11.1 Å². The summed E-state index contributed by atoms with van der Waals surface area (Å²) in [5.41, 5.74) is 4.93. The molecule has 1 rings (SSSR count). The van der Waals surface area contributed by atoms with Crippen LogP contribution in [0.3, 0.4) is 0 Å². The number of halogens is 3. The van der Waals surface area contributed by atoms with E-state index in [-0.39, 0.29) is 19.0 Å². The normalized spacial score (nSPS) is 13.6. The molecule has 22 heavy (non-hydrogen) atoms. The molecule has 0 aromatic heterocycles. The van der Waals surface area contributed by atoms with E-state index in [0.29, 0.717) is 5.56 Å². The van der Waals surface area contributed by atoms with Gasteiger partial charge in [0.1, 0.15) is 5.60 Å². The van der Waals surface area contributed by atoms with E-state index in [9.17, 15) is 18.0 Å². The number of ether oxygens (including phenoxy) is 1. The van der Waals surface area contributed by atoms with Crippen molar-refractivity contribution >= 4 is 6.09 Å². The van der Waals surface area contributed by atoms with Gasteiger partial charge in [-0.15, -0.1) is 0 Å². The van der Waals surface area contributed by atoms with Gasteiger partial charge in [0.2, 0.25) is 0 Å². The number of nitrogens with two attached hydrogens (primary N) is 1. The first kappa shape index (κ1) is 18.3. The number of nitrogens with one attached hydrogen (secondary N) is 1. The summed E-state index contributed by atoms with van der Waals surface area (Å²) in [6.45, 7) is 5.60. The monoisotopic (exact) mass is 318 g/mol. The Morgan fingerprint density at radius 2 is 1.77 bits per heavy atom. The molecule has 1 unspecified atom stereocenters. The van der Waals surface area contributed by atoms with Crippen molar-refractivity contribution in [1.29, 1.82) is 0 Å². The van der Waals surface area contributed by atoms with Crippen molar-refractivity contribution in [1.82, 2.24) is 5.32 Å². The van der Waals surface area contributed by atoms with Gasteiger partial charge in [0, 0.05) is 19.0 Å². The lowest BCUT2D eigenvalue weighted by atomic mass is 9.98. The summed E-state index contributed by atoms with van der Waals surface area (Å²) in [6, 6.07) is 4.76. The first-order chi connectivity index (χ1) is 10.0. The third-order valence-corrected chi connectivity index (χ3v) is 2.89. The van der Waals surface area contributed by atoms with E-state index in [1.807, 2.05) is 0 Å². The minimum atomic E-state index is -4.37. The highest BCUT2D eigenvalue weighted by molar-refractivity contribution is 5.67. The van der Waals surface area contributed by atoms with Crippen molar-refractivity contribution in [2.45, 2.75) is 38.5 Å². The molecular formula is C15H21F3N2O2. The molecule has 0 saturated carbocycles. The van der Waals surface area contributed by atoms with Crippen LogP contribution in [0.2, 0.25) is 0 Å². The minimum Gasteiger partial charge on any atom is -0.444 e. The van der Waals surface area contributed by atoms with E-state index in [4.69, 9.17) is 10.5 Å². The molecule has 0 fully saturated rings. The van der Waals surface area contributed by atoms with E-state index in [2.05, 4.69) is 5.32 Å². The second-order valence-electron chi connectivity index (χ2n) is 5.94. The van der Waals surface area contributed by atoms with Gasteiger partial charge >= 0.3 is 12.3 Å². The number of carbonyl (C=O) groups excluding carboxylic acids is 1. The highest BCUT2D eigenvalue weighted by atomic mass is 19.4. The van der Waals surface area contributed by atoms with Crippen LogP contribution in [0.15, 0.2) is 24.3 Å². The molecule has 3 N–H and O–H groups in total. The molecule has 0 aliphatic carbocycles. The molecule has 0 aliphatic heterocycles. The minimum absolute atomic E-state index is 0.191.